The molecule has 0 bridgehead atoms. The molecular weight excluding hydrogens is 230 g/mol. The third kappa shape index (κ3) is 1.21. The molecule has 0 aliphatic carbocycles. The fourth-order valence-corrected chi connectivity index (χ4v) is 2.39. The van der Waals surface area contributed by atoms with Crippen LogP contribution in [-0.4, -0.2) is 13.5 Å². The average molecular weight is 243 g/mol. The van der Waals surface area contributed by atoms with E-state index in [4.69, 9.17) is 0 Å². The maximum atomic E-state index is 12.3. The first-order valence-electron chi connectivity index (χ1n) is 5.85. The first kappa shape index (κ1) is 10.8. The summed E-state index contributed by atoms with van der Waals surface area (Å²) in [6, 6.07) is 9.12. The summed E-state index contributed by atoms with van der Waals surface area (Å²) in [6.45, 7) is 2.17. The standard InChI is InChI=1S/C13H13N3O2/c1-3-15-12(17)8-11-14(2)9-6-4-5-7-10(9)16(11)13(15)18/h4-8H,3H2,1-2H3. The molecule has 0 aliphatic rings. The van der Waals surface area contributed by atoms with Crippen molar-refractivity contribution in [2.75, 3.05) is 0 Å². The summed E-state index contributed by atoms with van der Waals surface area (Å²) in [7, 11) is 1.85. The Kier molecular flexibility index (Phi) is 2.16. The van der Waals surface area contributed by atoms with Crippen LogP contribution >= 0.6 is 0 Å². The van der Waals surface area contributed by atoms with E-state index in [-0.39, 0.29) is 11.2 Å². The van der Waals surface area contributed by atoms with Crippen LogP contribution in [-0.2, 0) is 13.6 Å². The Morgan fingerprint density at radius 3 is 2.44 bits per heavy atom. The highest BCUT2D eigenvalue weighted by Crippen LogP contribution is 2.16. The van der Waals surface area contributed by atoms with E-state index in [0.29, 0.717) is 12.2 Å². The number of hydrogen-bond acceptors (Lipinski definition) is 2. The Balaban J connectivity index is 2.71. The van der Waals surface area contributed by atoms with Crippen LogP contribution < -0.4 is 11.2 Å². The fraction of sp³-hybridized carbons (Fsp3) is 0.231. The molecule has 0 aliphatic heterocycles. The Hall–Kier alpha value is -2.30. The molecule has 3 aromatic rings. The van der Waals surface area contributed by atoms with E-state index < -0.39 is 0 Å². The maximum Gasteiger partial charge on any atom is 0.337 e. The van der Waals surface area contributed by atoms with E-state index in [1.165, 1.54) is 10.6 Å². The lowest BCUT2D eigenvalue weighted by molar-refractivity contribution is 0.664. The monoisotopic (exact) mass is 243 g/mol. The number of nitrogens with zero attached hydrogens (tertiary/aromatic N) is 3. The van der Waals surface area contributed by atoms with E-state index in [9.17, 15) is 9.59 Å². The van der Waals surface area contributed by atoms with Crippen molar-refractivity contribution in [2.45, 2.75) is 13.5 Å². The van der Waals surface area contributed by atoms with Crippen LogP contribution in [0.5, 0.6) is 0 Å². The second kappa shape index (κ2) is 3.60. The van der Waals surface area contributed by atoms with Gasteiger partial charge in [-0.25, -0.2) is 9.20 Å². The van der Waals surface area contributed by atoms with Gasteiger partial charge in [0.15, 0.2) is 0 Å². The molecule has 0 N–H and O–H groups in total. The van der Waals surface area contributed by atoms with Crippen molar-refractivity contribution in [2.24, 2.45) is 7.05 Å². The number of aryl methyl sites for hydroxylation is 1. The number of imidazole rings is 1. The smallest absolute Gasteiger partial charge is 0.329 e. The van der Waals surface area contributed by atoms with Crippen LogP contribution in [0.15, 0.2) is 39.9 Å². The Labute approximate surface area is 103 Å². The third-order valence-electron chi connectivity index (χ3n) is 3.31. The molecular formula is C13H13N3O2. The molecule has 0 saturated carbocycles. The van der Waals surface area contributed by atoms with Gasteiger partial charge in [0.05, 0.1) is 11.0 Å². The zero-order valence-electron chi connectivity index (χ0n) is 10.3. The number of para-hydroxylation sites is 2. The predicted octanol–water partition coefficient (Wildman–Crippen LogP) is 0.973. The largest absolute Gasteiger partial charge is 0.337 e. The minimum atomic E-state index is -0.281. The molecule has 0 radical (unpaired) electrons. The Bertz CT molecular complexity index is 867. The Morgan fingerprint density at radius 2 is 1.78 bits per heavy atom. The molecule has 3 rings (SSSR count). The van der Waals surface area contributed by atoms with Crippen LogP contribution in [0.3, 0.4) is 0 Å². The topological polar surface area (TPSA) is 48.4 Å². The van der Waals surface area contributed by atoms with E-state index in [2.05, 4.69) is 0 Å². The summed E-state index contributed by atoms with van der Waals surface area (Å²) in [5.41, 5.74) is 1.84. The van der Waals surface area contributed by atoms with Crippen molar-refractivity contribution in [3.05, 3.63) is 51.2 Å². The third-order valence-corrected chi connectivity index (χ3v) is 3.31. The van der Waals surface area contributed by atoms with Crippen LogP contribution in [0, 0.1) is 0 Å². The molecule has 0 atom stereocenters. The summed E-state index contributed by atoms with van der Waals surface area (Å²) < 4.78 is 4.68. The molecule has 2 heterocycles. The van der Waals surface area contributed by atoms with Gasteiger partial charge in [-0.05, 0) is 19.1 Å². The number of rotatable bonds is 1. The second-order valence-electron chi connectivity index (χ2n) is 4.25. The van der Waals surface area contributed by atoms with E-state index >= 15 is 0 Å². The van der Waals surface area contributed by atoms with Crippen LogP contribution in [0.1, 0.15) is 6.92 Å². The second-order valence-corrected chi connectivity index (χ2v) is 4.25. The van der Waals surface area contributed by atoms with Gasteiger partial charge in [0, 0.05) is 19.7 Å². The molecule has 1 aromatic carbocycles. The molecule has 18 heavy (non-hydrogen) atoms. The lowest BCUT2D eigenvalue weighted by atomic mass is 10.3. The van der Waals surface area contributed by atoms with Crippen molar-refractivity contribution < 1.29 is 0 Å². The van der Waals surface area contributed by atoms with Gasteiger partial charge in [0.1, 0.15) is 5.65 Å². The maximum absolute atomic E-state index is 12.3. The molecule has 5 heteroatoms. The van der Waals surface area contributed by atoms with Crippen molar-refractivity contribution >= 4 is 16.7 Å². The molecule has 0 saturated heterocycles. The number of fused-ring (bicyclic) bond motifs is 3. The highest BCUT2D eigenvalue weighted by molar-refractivity contribution is 5.81. The Morgan fingerprint density at radius 1 is 1.11 bits per heavy atom. The minimum absolute atomic E-state index is 0.256. The molecule has 2 aromatic heterocycles. The van der Waals surface area contributed by atoms with Gasteiger partial charge in [-0.3, -0.25) is 9.36 Å². The molecule has 92 valence electrons. The van der Waals surface area contributed by atoms with Crippen LogP contribution in [0.25, 0.3) is 16.7 Å². The van der Waals surface area contributed by atoms with E-state index in [0.717, 1.165) is 11.0 Å². The van der Waals surface area contributed by atoms with Crippen LogP contribution in [0.4, 0.5) is 0 Å². The lowest BCUT2D eigenvalue weighted by Crippen LogP contribution is -2.36. The van der Waals surface area contributed by atoms with Crippen molar-refractivity contribution in [1.29, 1.82) is 0 Å². The quantitative estimate of drug-likeness (QED) is 0.639. The first-order chi connectivity index (χ1) is 8.65. The van der Waals surface area contributed by atoms with Crippen LogP contribution in [0.2, 0.25) is 0 Å². The number of benzene rings is 1. The summed E-state index contributed by atoms with van der Waals surface area (Å²) in [5.74, 6) is 0. The minimum Gasteiger partial charge on any atom is -0.329 e. The normalized spacial score (nSPS) is 11.4. The first-order valence-corrected chi connectivity index (χ1v) is 5.85. The van der Waals surface area contributed by atoms with Gasteiger partial charge in [0.25, 0.3) is 5.56 Å². The zero-order chi connectivity index (χ0) is 12.9. The number of aromatic nitrogens is 3. The van der Waals surface area contributed by atoms with Crippen molar-refractivity contribution in [3.8, 4) is 0 Å². The highest BCUT2D eigenvalue weighted by atomic mass is 16.2. The summed E-state index contributed by atoms with van der Waals surface area (Å²) in [6.07, 6.45) is 0. The fourth-order valence-electron chi connectivity index (χ4n) is 2.39. The van der Waals surface area contributed by atoms with Gasteiger partial charge in [-0.15, -0.1) is 0 Å². The lowest BCUT2D eigenvalue weighted by Gasteiger charge is -2.02. The van der Waals surface area contributed by atoms with E-state index in [1.54, 1.807) is 11.3 Å². The SMILES string of the molecule is CCn1c(=O)cc2n(C)c3ccccc3n2c1=O. The van der Waals surface area contributed by atoms with Gasteiger partial charge in [0.2, 0.25) is 0 Å². The van der Waals surface area contributed by atoms with Gasteiger partial charge in [-0.2, -0.15) is 0 Å². The summed E-state index contributed by atoms with van der Waals surface area (Å²) in [4.78, 5) is 24.2. The van der Waals surface area contributed by atoms with Gasteiger partial charge < -0.3 is 4.57 Å². The molecule has 0 unspecified atom stereocenters. The highest BCUT2D eigenvalue weighted by Gasteiger charge is 2.12. The zero-order valence-corrected chi connectivity index (χ0v) is 10.3. The van der Waals surface area contributed by atoms with E-state index in [1.807, 2.05) is 35.9 Å². The number of hydrogen-bond donors (Lipinski definition) is 0. The average Bonchev–Trinajstić information content (AvgIpc) is 2.64. The molecule has 0 amide bonds. The predicted molar refractivity (Wildman–Crippen MR) is 70.1 cm³/mol. The molecule has 0 fully saturated rings. The molecule has 0 spiro atoms. The molecule has 5 nitrogen and oxygen atoms in total. The van der Waals surface area contributed by atoms with Gasteiger partial charge >= 0.3 is 5.69 Å². The van der Waals surface area contributed by atoms with Crippen molar-refractivity contribution in [3.63, 3.8) is 0 Å². The summed E-state index contributed by atoms with van der Waals surface area (Å²) >= 11 is 0. The van der Waals surface area contributed by atoms with Gasteiger partial charge in [-0.1, -0.05) is 12.1 Å². The van der Waals surface area contributed by atoms with Crippen molar-refractivity contribution in [1.82, 2.24) is 13.5 Å². The summed E-state index contributed by atoms with van der Waals surface area (Å²) in [5, 5.41) is 0.